The van der Waals surface area contributed by atoms with Crippen molar-refractivity contribution in [1.29, 1.82) is 0 Å². The maximum Gasteiger partial charge on any atom is 0.185 e. The van der Waals surface area contributed by atoms with Gasteiger partial charge >= 0.3 is 0 Å². The Labute approximate surface area is 498 Å². The average Bonchev–Trinajstić information content (AvgIpc) is 3.37. The fourth-order valence-corrected chi connectivity index (χ4v) is 9.92. The molecule has 82 heavy (non-hydrogen) atoms. The molecule has 0 fully saturated rings. The Balaban J connectivity index is 0.000000547. The molecule has 4 rings (SSSR count). The van der Waals surface area contributed by atoms with E-state index in [9.17, 15) is 49.8 Å². The van der Waals surface area contributed by atoms with Gasteiger partial charge in [0.05, 0.1) is 11.2 Å². The lowest BCUT2D eigenvalue weighted by molar-refractivity contribution is -0.116. The second-order valence-corrected chi connectivity index (χ2v) is 27.8. The van der Waals surface area contributed by atoms with E-state index in [-0.39, 0.29) is 28.9 Å². The first kappa shape index (κ1) is 75.2. The zero-order valence-electron chi connectivity index (χ0n) is 56.1. The Hall–Kier alpha value is -4.80. The maximum absolute atomic E-state index is 12.5. The zero-order chi connectivity index (χ0) is 63.6. The number of phenols is 4. The van der Waals surface area contributed by atoms with Gasteiger partial charge in [0.1, 0.15) is 23.0 Å². The highest BCUT2D eigenvalue weighted by Crippen LogP contribution is 2.41. The number of allylic oxidation sites excluding steroid dienone is 8. The minimum Gasteiger partial charge on any atom is -0.507 e. The molecule has 6 N–H and O–H groups in total. The lowest BCUT2D eigenvalue weighted by atomic mass is 9.80. The van der Waals surface area contributed by atoms with Gasteiger partial charge in [0.15, 0.2) is 23.1 Å². The van der Waals surface area contributed by atoms with Crippen molar-refractivity contribution in [2.75, 3.05) is 0 Å². The number of benzene rings is 2. The highest BCUT2D eigenvalue weighted by molar-refractivity contribution is 6.25. The summed E-state index contributed by atoms with van der Waals surface area (Å²) < 4.78 is 0. The highest BCUT2D eigenvalue weighted by atomic mass is 16.3. The van der Waals surface area contributed by atoms with Crippen LogP contribution in [0.4, 0.5) is 0 Å². The van der Waals surface area contributed by atoms with E-state index in [1.807, 2.05) is 27.7 Å². The quantitative estimate of drug-likeness (QED) is 0.0436. The first-order valence-electron chi connectivity index (χ1n) is 31.1. The molecule has 0 saturated carbocycles. The molecule has 0 saturated heterocycles. The summed E-state index contributed by atoms with van der Waals surface area (Å²) in [6.07, 6.45) is 12.5. The van der Waals surface area contributed by atoms with E-state index < -0.39 is 11.2 Å². The molecule has 0 unspecified atom stereocenters. The van der Waals surface area contributed by atoms with Crippen LogP contribution in [0.5, 0.6) is 23.0 Å². The van der Waals surface area contributed by atoms with Gasteiger partial charge in [-0.1, -0.05) is 83.1 Å². The molecule has 0 heterocycles. The maximum atomic E-state index is 12.5. The summed E-state index contributed by atoms with van der Waals surface area (Å²) in [5.41, 5.74) is 10.3. The zero-order valence-corrected chi connectivity index (χ0v) is 56.1. The topological polar surface area (TPSA) is 190 Å². The van der Waals surface area contributed by atoms with Crippen molar-refractivity contribution in [1.82, 2.24) is 0 Å². The van der Waals surface area contributed by atoms with Gasteiger partial charge < -0.3 is 30.6 Å². The molecule has 10 heteroatoms. The van der Waals surface area contributed by atoms with Crippen LogP contribution in [0.3, 0.4) is 0 Å². The molecule has 10 nitrogen and oxygen atoms in total. The van der Waals surface area contributed by atoms with Crippen LogP contribution in [-0.2, 0) is 44.9 Å². The van der Waals surface area contributed by atoms with Crippen molar-refractivity contribution in [2.45, 2.75) is 280 Å². The van der Waals surface area contributed by atoms with Crippen LogP contribution < -0.4 is 0 Å². The third-order valence-corrected chi connectivity index (χ3v) is 16.5. The summed E-state index contributed by atoms with van der Waals surface area (Å²) in [7, 11) is 0. The molecule has 0 atom stereocenters. The van der Waals surface area contributed by atoms with Crippen molar-refractivity contribution in [3.8, 4) is 23.0 Å². The molecule has 2 aliphatic carbocycles. The summed E-state index contributed by atoms with van der Waals surface area (Å²) in [5.74, 6) is 4.85. The van der Waals surface area contributed by atoms with Crippen LogP contribution in [-0.4, -0.2) is 65.0 Å². The normalized spacial score (nSPS) is 14.5. The van der Waals surface area contributed by atoms with Gasteiger partial charge in [-0.3, -0.25) is 19.2 Å². The molecular weight excluding hydrogens is 1020 g/mol. The fourth-order valence-electron chi connectivity index (χ4n) is 9.92. The molecule has 464 valence electrons. The lowest BCUT2D eigenvalue weighted by Crippen LogP contribution is -2.25. The van der Waals surface area contributed by atoms with Crippen LogP contribution in [0, 0.1) is 63.2 Å². The molecule has 2 aromatic carbocycles. The standard InChI is InChI=1S/C18H30O3.C18H28O3.C18H30O2.C18H28O2/c2*1-11(2)7-8-14-15(9-10-18(5,6)21)17(20)13(4)12(3)16(14)19;2*1-11(2)7-9-15-16(10-8-12(3)4)18(20)14(6)13(5)17(15)19/h11,19-21H,7-10H2,1-6H3;11,21H,7-10H2,1-6H3;11-12,19-20H,7-10H2,1-6H3;11-12H,7-10H2,1-6H3. The second-order valence-electron chi connectivity index (χ2n) is 27.8. The Morgan fingerprint density at radius 3 is 0.659 bits per heavy atom. The van der Waals surface area contributed by atoms with Gasteiger partial charge in [0, 0.05) is 66.8 Å². The van der Waals surface area contributed by atoms with Crippen LogP contribution >= 0.6 is 0 Å². The van der Waals surface area contributed by atoms with Crippen molar-refractivity contribution in [3.63, 3.8) is 0 Å². The number of rotatable bonds is 24. The molecule has 2 aliphatic rings. The second kappa shape index (κ2) is 33.6. The van der Waals surface area contributed by atoms with Gasteiger partial charge in [0.2, 0.25) is 0 Å². The highest BCUT2D eigenvalue weighted by Gasteiger charge is 2.32. The van der Waals surface area contributed by atoms with E-state index in [0.717, 1.165) is 126 Å². The van der Waals surface area contributed by atoms with Gasteiger partial charge in [-0.15, -0.1) is 0 Å². The average molecular weight is 1140 g/mol. The fraction of sp³-hybridized carbons (Fsp3) is 0.667. The smallest absolute Gasteiger partial charge is 0.185 e. The number of carbonyl (C=O) groups is 4. The first-order valence-corrected chi connectivity index (χ1v) is 31.1. The summed E-state index contributed by atoms with van der Waals surface area (Å²) in [4.78, 5) is 50.0. The molecular formula is C72H116O10. The molecule has 0 aromatic heterocycles. The Morgan fingerprint density at radius 2 is 0.463 bits per heavy atom. The van der Waals surface area contributed by atoms with Crippen LogP contribution in [0.2, 0.25) is 0 Å². The molecule has 0 spiro atoms. The van der Waals surface area contributed by atoms with Crippen LogP contribution in [0.15, 0.2) is 44.6 Å². The minimum atomic E-state index is -0.830. The van der Waals surface area contributed by atoms with Crippen LogP contribution in [0.25, 0.3) is 0 Å². The van der Waals surface area contributed by atoms with Gasteiger partial charge in [-0.05, 0) is 244 Å². The molecule has 0 aliphatic heterocycles. The summed E-state index contributed by atoms with van der Waals surface area (Å²) in [6.45, 7) is 47.3. The van der Waals surface area contributed by atoms with Crippen molar-refractivity contribution in [3.05, 3.63) is 89.1 Å². The number of aromatic hydroxyl groups is 4. The number of hydrogen-bond donors (Lipinski definition) is 6. The van der Waals surface area contributed by atoms with E-state index in [4.69, 9.17) is 0 Å². The summed E-state index contributed by atoms with van der Waals surface area (Å²) >= 11 is 0. The van der Waals surface area contributed by atoms with Crippen LogP contribution in [0.1, 0.15) is 260 Å². The third-order valence-electron chi connectivity index (χ3n) is 16.5. The Kier molecular flexibility index (Phi) is 30.8. The van der Waals surface area contributed by atoms with E-state index in [0.29, 0.717) is 118 Å². The van der Waals surface area contributed by atoms with Crippen molar-refractivity contribution >= 4 is 23.1 Å². The monoisotopic (exact) mass is 1140 g/mol. The number of phenolic OH excluding ortho intramolecular Hbond substituents is 4. The number of carbonyl (C=O) groups excluding carboxylic acids is 4. The van der Waals surface area contributed by atoms with Gasteiger partial charge in [-0.25, -0.2) is 0 Å². The first-order chi connectivity index (χ1) is 37.6. The van der Waals surface area contributed by atoms with Gasteiger partial charge in [-0.2, -0.15) is 0 Å². The number of Topliss-reactive ketones (excluding diaryl/α,β-unsaturated/α-hetero) is 4. The van der Waals surface area contributed by atoms with Gasteiger partial charge in [0.25, 0.3) is 0 Å². The van der Waals surface area contributed by atoms with E-state index in [2.05, 4.69) is 83.1 Å². The van der Waals surface area contributed by atoms with Crippen molar-refractivity contribution in [2.24, 2.45) is 35.5 Å². The molecule has 0 radical (unpaired) electrons. The molecule has 0 bridgehead atoms. The number of hydrogen-bond acceptors (Lipinski definition) is 10. The minimum absolute atomic E-state index is 0.0125. The summed E-state index contributed by atoms with van der Waals surface area (Å²) in [5, 5.41) is 61.6. The lowest BCUT2D eigenvalue weighted by Gasteiger charge is -2.24. The van der Waals surface area contributed by atoms with E-state index in [1.54, 1.807) is 55.4 Å². The molecule has 2 aromatic rings. The Bertz CT molecular complexity index is 2560. The van der Waals surface area contributed by atoms with E-state index >= 15 is 0 Å². The SMILES string of the molecule is CC1=C(C)C(=O)C(CCC(C)(C)O)=C(CCC(C)C)C1=O.CC1=C(C)C(=O)C(CCC(C)C)=C(CCC(C)C)C1=O.Cc1c(C)c(O)c(CCC(C)(C)O)c(CCC(C)C)c1O.Cc1c(C)c(O)c(CCC(C)C)c(CCC(C)C)c1O. The van der Waals surface area contributed by atoms with E-state index in [1.165, 1.54) is 0 Å². The number of ketones is 4. The number of aliphatic hydroxyl groups is 2. The van der Waals surface area contributed by atoms with Crippen molar-refractivity contribution < 1.29 is 49.8 Å². The predicted octanol–water partition coefficient (Wildman–Crippen LogP) is 17.3. The molecule has 0 amide bonds. The Morgan fingerprint density at radius 1 is 0.293 bits per heavy atom. The predicted molar refractivity (Wildman–Crippen MR) is 341 cm³/mol. The largest absolute Gasteiger partial charge is 0.507 e. The third kappa shape index (κ3) is 23.3. The summed E-state index contributed by atoms with van der Waals surface area (Å²) in [6, 6.07) is 0.